The second kappa shape index (κ2) is 3.78. The molecule has 0 bridgehead atoms. The molecule has 0 aromatic carbocycles. The summed E-state index contributed by atoms with van der Waals surface area (Å²) in [7, 11) is 1.55. The molecule has 5 nitrogen and oxygen atoms in total. The summed E-state index contributed by atoms with van der Waals surface area (Å²) < 4.78 is 0. The van der Waals surface area contributed by atoms with Crippen LogP contribution in [0.5, 0.6) is 0 Å². The molecule has 94 valence electrons. The van der Waals surface area contributed by atoms with Crippen LogP contribution in [0.15, 0.2) is 0 Å². The molecule has 5 heteroatoms. The van der Waals surface area contributed by atoms with E-state index in [0.29, 0.717) is 18.3 Å². The van der Waals surface area contributed by atoms with Gasteiger partial charge in [0.1, 0.15) is 0 Å². The smallest absolute Gasteiger partial charge is 0.246 e. The zero-order valence-corrected chi connectivity index (χ0v) is 10.0. The summed E-state index contributed by atoms with van der Waals surface area (Å²) in [5.74, 6) is 0.657. The molecule has 0 spiro atoms. The molecule has 1 N–H and O–H groups in total. The number of hydrogen-bond donors (Lipinski definition) is 1. The average Bonchev–Trinajstić information content (AvgIpc) is 2.92. The molecule has 2 amide bonds. The Labute approximate surface area is 100 Å². The van der Waals surface area contributed by atoms with Gasteiger partial charge in [0.05, 0.1) is 18.6 Å². The number of carbonyl (C=O) groups excluding carboxylic acids is 2. The first-order valence-corrected chi connectivity index (χ1v) is 6.30. The highest BCUT2D eigenvalue weighted by Gasteiger charge is 2.48. The molecule has 0 aromatic rings. The second-order valence-corrected chi connectivity index (χ2v) is 5.53. The molecule has 3 aliphatic rings. The third kappa shape index (κ3) is 1.60. The van der Waals surface area contributed by atoms with Crippen molar-refractivity contribution in [3.05, 3.63) is 0 Å². The third-order valence-electron chi connectivity index (χ3n) is 4.65. The van der Waals surface area contributed by atoms with Gasteiger partial charge >= 0.3 is 0 Å². The van der Waals surface area contributed by atoms with E-state index in [-0.39, 0.29) is 24.0 Å². The number of likely N-dealkylation sites (N-methyl/N-ethyl adjacent to an activating group) is 1. The van der Waals surface area contributed by atoms with E-state index in [9.17, 15) is 14.7 Å². The van der Waals surface area contributed by atoms with Crippen LogP contribution in [0.4, 0.5) is 0 Å². The zero-order valence-electron chi connectivity index (χ0n) is 10.0. The van der Waals surface area contributed by atoms with Gasteiger partial charge in [0.2, 0.25) is 11.8 Å². The predicted molar refractivity (Wildman–Crippen MR) is 60.0 cm³/mol. The molecule has 2 saturated heterocycles. The summed E-state index contributed by atoms with van der Waals surface area (Å²) >= 11 is 0. The number of nitrogens with zero attached hydrogens (tertiary/aromatic N) is 2. The molecular weight excluding hydrogens is 220 g/mol. The Morgan fingerprint density at radius 3 is 2.59 bits per heavy atom. The number of fused-ring (bicyclic) bond motifs is 1. The molecule has 2 heterocycles. The monoisotopic (exact) mass is 238 g/mol. The molecule has 3 fully saturated rings. The lowest BCUT2D eigenvalue weighted by atomic mass is 10.00. The van der Waals surface area contributed by atoms with Crippen LogP contribution in [0.1, 0.15) is 19.3 Å². The highest BCUT2D eigenvalue weighted by molar-refractivity contribution is 6.05. The summed E-state index contributed by atoms with van der Waals surface area (Å²) in [5.41, 5.74) is 0. The lowest BCUT2D eigenvalue weighted by Gasteiger charge is -2.22. The van der Waals surface area contributed by atoms with E-state index in [4.69, 9.17) is 0 Å². The van der Waals surface area contributed by atoms with Crippen molar-refractivity contribution >= 4 is 11.8 Å². The largest absolute Gasteiger partial charge is 0.393 e. The first-order valence-electron chi connectivity index (χ1n) is 6.30. The number of rotatable bonds is 1. The number of aliphatic hydroxyl groups excluding tert-OH is 1. The highest BCUT2D eigenvalue weighted by atomic mass is 16.3. The SMILES string of the molecule is CN1C(=O)CC(N2CC3CCC(O)C3C2)C1=O. The van der Waals surface area contributed by atoms with Crippen molar-refractivity contribution in [2.45, 2.75) is 31.4 Å². The summed E-state index contributed by atoms with van der Waals surface area (Å²) in [5, 5.41) is 9.84. The van der Waals surface area contributed by atoms with Crippen molar-refractivity contribution in [3.63, 3.8) is 0 Å². The van der Waals surface area contributed by atoms with Crippen LogP contribution in [0.25, 0.3) is 0 Å². The van der Waals surface area contributed by atoms with Gasteiger partial charge in [0, 0.05) is 26.1 Å². The van der Waals surface area contributed by atoms with Gasteiger partial charge in [-0.15, -0.1) is 0 Å². The molecule has 2 aliphatic heterocycles. The van der Waals surface area contributed by atoms with E-state index in [1.807, 2.05) is 0 Å². The summed E-state index contributed by atoms with van der Waals surface area (Å²) in [4.78, 5) is 26.7. The molecular formula is C12H18N2O3. The van der Waals surface area contributed by atoms with E-state index in [1.165, 1.54) is 4.90 Å². The molecule has 4 atom stereocenters. The average molecular weight is 238 g/mol. The zero-order chi connectivity index (χ0) is 12.2. The molecule has 4 unspecified atom stereocenters. The number of hydrogen-bond acceptors (Lipinski definition) is 4. The van der Waals surface area contributed by atoms with E-state index in [1.54, 1.807) is 7.05 Å². The number of carbonyl (C=O) groups is 2. The van der Waals surface area contributed by atoms with E-state index >= 15 is 0 Å². The van der Waals surface area contributed by atoms with Crippen molar-refractivity contribution < 1.29 is 14.7 Å². The molecule has 1 saturated carbocycles. The quantitative estimate of drug-likeness (QED) is 0.622. The fourth-order valence-corrected chi connectivity index (χ4v) is 3.55. The van der Waals surface area contributed by atoms with Gasteiger partial charge in [-0.2, -0.15) is 0 Å². The molecule has 1 aliphatic carbocycles. The van der Waals surface area contributed by atoms with Crippen LogP contribution in [0, 0.1) is 11.8 Å². The van der Waals surface area contributed by atoms with E-state index < -0.39 is 0 Å². The van der Waals surface area contributed by atoms with E-state index in [0.717, 1.165) is 25.9 Å². The van der Waals surface area contributed by atoms with Gasteiger partial charge in [0.25, 0.3) is 0 Å². The summed E-state index contributed by atoms with van der Waals surface area (Å²) in [6, 6.07) is -0.273. The second-order valence-electron chi connectivity index (χ2n) is 5.53. The standard InChI is InChI=1S/C12H18N2O3/c1-13-11(16)4-9(12(13)17)14-5-7-2-3-10(15)8(7)6-14/h7-10,15H,2-6H2,1H3. The molecule has 3 rings (SSSR count). The Morgan fingerprint density at radius 1 is 1.24 bits per heavy atom. The van der Waals surface area contributed by atoms with Crippen LogP contribution in [-0.4, -0.2) is 59.0 Å². The predicted octanol–water partition coefficient (Wildman–Crippen LogP) is -0.554. The fraction of sp³-hybridized carbons (Fsp3) is 0.833. The lowest BCUT2D eigenvalue weighted by molar-refractivity contribution is -0.138. The highest BCUT2D eigenvalue weighted by Crippen LogP contribution is 2.39. The summed E-state index contributed by atoms with van der Waals surface area (Å²) in [6.45, 7) is 1.63. The Kier molecular flexibility index (Phi) is 2.48. The van der Waals surface area contributed by atoms with E-state index in [2.05, 4.69) is 4.90 Å². The number of amides is 2. The molecule has 0 radical (unpaired) electrons. The molecule has 0 aromatic heterocycles. The number of imide groups is 1. The Morgan fingerprint density at radius 2 is 2.00 bits per heavy atom. The van der Waals surface area contributed by atoms with Crippen molar-refractivity contribution in [1.29, 1.82) is 0 Å². The number of likely N-dealkylation sites (tertiary alicyclic amines) is 2. The van der Waals surface area contributed by atoms with Gasteiger partial charge in [-0.25, -0.2) is 0 Å². The Hall–Kier alpha value is -0.940. The Bertz CT molecular complexity index is 371. The summed E-state index contributed by atoms with van der Waals surface area (Å²) in [6.07, 6.45) is 2.04. The van der Waals surface area contributed by atoms with Crippen LogP contribution < -0.4 is 0 Å². The first kappa shape index (κ1) is 11.2. The van der Waals surface area contributed by atoms with Crippen LogP contribution in [-0.2, 0) is 9.59 Å². The van der Waals surface area contributed by atoms with Crippen molar-refractivity contribution in [1.82, 2.24) is 9.80 Å². The van der Waals surface area contributed by atoms with Gasteiger partial charge in [-0.1, -0.05) is 0 Å². The minimum Gasteiger partial charge on any atom is -0.393 e. The van der Waals surface area contributed by atoms with Crippen molar-refractivity contribution in [3.8, 4) is 0 Å². The fourth-order valence-electron chi connectivity index (χ4n) is 3.55. The normalized spacial score (nSPS) is 42.6. The maximum absolute atomic E-state index is 11.9. The van der Waals surface area contributed by atoms with Gasteiger partial charge in [-0.05, 0) is 18.8 Å². The lowest BCUT2D eigenvalue weighted by Crippen LogP contribution is -2.40. The first-order chi connectivity index (χ1) is 8.08. The topological polar surface area (TPSA) is 60.9 Å². The van der Waals surface area contributed by atoms with Crippen LogP contribution >= 0.6 is 0 Å². The van der Waals surface area contributed by atoms with Gasteiger partial charge < -0.3 is 5.11 Å². The minimum absolute atomic E-state index is 0.0792. The van der Waals surface area contributed by atoms with Crippen LogP contribution in [0.2, 0.25) is 0 Å². The minimum atomic E-state index is -0.273. The maximum Gasteiger partial charge on any atom is 0.246 e. The van der Waals surface area contributed by atoms with Gasteiger partial charge in [-0.3, -0.25) is 19.4 Å². The van der Waals surface area contributed by atoms with Crippen molar-refractivity contribution in [2.75, 3.05) is 20.1 Å². The number of aliphatic hydroxyl groups is 1. The van der Waals surface area contributed by atoms with Crippen LogP contribution in [0.3, 0.4) is 0 Å². The Balaban J connectivity index is 1.72. The van der Waals surface area contributed by atoms with Crippen molar-refractivity contribution in [2.24, 2.45) is 11.8 Å². The third-order valence-corrected chi connectivity index (χ3v) is 4.65. The van der Waals surface area contributed by atoms with Gasteiger partial charge in [0.15, 0.2) is 0 Å². The molecule has 17 heavy (non-hydrogen) atoms. The maximum atomic E-state index is 11.9.